The lowest BCUT2D eigenvalue weighted by Gasteiger charge is -2.10. The van der Waals surface area contributed by atoms with Crippen LogP contribution in [0.3, 0.4) is 0 Å². The molecule has 0 aromatic carbocycles. The number of amides is 1. The minimum Gasteiger partial charge on any atom is -0.391 e. The summed E-state index contributed by atoms with van der Waals surface area (Å²) >= 11 is 0. The topological polar surface area (TPSA) is 89.2 Å². The minimum absolute atomic E-state index is 0.0856. The van der Waals surface area contributed by atoms with Gasteiger partial charge in [0.05, 0.1) is 6.10 Å². The van der Waals surface area contributed by atoms with E-state index < -0.39 is 6.10 Å². The third-order valence-electron chi connectivity index (χ3n) is 3.73. The summed E-state index contributed by atoms with van der Waals surface area (Å²) in [7, 11) is 0. The third-order valence-corrected chi connectivity index (χ3v) is 3.73. The van der Waals surface area contributed by atoms with Crippen molar-refractivity contribution < 1.29 is 9.90 Å². The molecule has 1 aromatic heterocycles. The highest BCUT2D eigenvalue weighted by molar-refractivity contribution is 5.75. The fraction of sp³-hybridized carbons (Fsp3) is 0.786. The second-order valence-electron chi connectivity index (χ2n) is 5.57. The zero-order chi connectivity index (χ0) is 15.2. The Morgan fingerprint density at radius 1 is 1.43 bits per heavy atom. The first kappa shape index (κ1) is 15.8. The molecule has 0 saturated heterocycles. The molecule has 0 aliphatic carbocycles. The van der Waals surface area contributed by atoms with Gasteiger partial charge in [-0.05, 0) is 19.3 Å². The van der Waals surface area contributed by atoms with E-state index in [9.17, 15) is 14.7 Å². The second kappa shape index (κ2) is 7.40. The summed E-state index contributed by atoms with van der Waals surface area (Å²) in [4.78, 5) is 24.0. The molecule has 7 nitrogen and oxygen atoms in total. The van der Waals surface area contributed by atoms with Gasteiger partial charge < -0.3 is 10.4 Å². The number of carbonyl (C=O) groups excluding carboxylic acids is 1. The van der Waals surface area contributed by atoms with E-state index in [2.05, 4.69) is 10.4 Å². The maximum Gasteiger partial charge on any atom is 0.346 e. The fourth-order valence-corrected chi connectivity index (χ4v) is 2.59. The monoisotopic (exact) mass is 296 g/mol. The van der Waals surface area contributed by atoms with Crippen molar-refractivity contribution in [1.29, 1.82) is 0 Å². The zero-order valence-electron chi connectivity index (χ0n) is 12.5. The predicted molar refractivity (Wildman–Crippen MR) is 78.0 cm³/mol. The maximum atomic E-state index is 12.2. The van der Waals surface area contributed by atoms with E-state index in [1.54, 1.807) is 4.57 Å². The van der Waals surface area contributed by atoms with E-state index in [-0.39, 0.29) is 24.7 Å². The van der Waals surface area contributed by atoms with Crippen molar-refractivity contribution in [2.24, 2.45) is 0 Å². The highest BCUT2D eigenvalue weighted by Crippen LogP contribution is 2.10. The quantitative estimate of drug-likeness (QED) is 0.776. The minimum atomic E-state index is -0.533. The molecule has 2 N–H and O–H groups in total. The number of aryl methyl sites for hydroxylation is 1. The molecule has 1 aliphatic heterocycles. The first-order valence-electron chi connectivity index (χ1n) is 7.73. The molecular weight excluding hydrogens is 272 g/mol. The number of fused-ring (bicyclic) bond motifs is 1. The van der Waals surface area contributed by atoms with Gasteiger partial charge in [0.15, 0.2) is 0 Å². The van der Waals surface area contributed by atoms with E-state index >= 15 is 0 Å². The molecule has 2 rings (SSSR count). The van der Waals surface area contributed by atoms with Gasteiger partial charge in [0.2, 0.25) is 5.91 Å². The van der Waals surface area contributed by atoms with Crippen LogP contribution in [0.1, 0.15) is 44.9 Å². The van der Waals surface area contributed by atoms with Gasteiger partial charge in [-0.3, -0.25) is 9.36 Å². The largest absolute Gasteiger partial charge is 0.391 e. The number of nitrogens with zero attached hydrogens (tertiary/aromatic N) is 3. The molecule has 0 fully saturated rings. The number of aliphatic hydroxyl groups excluding tert-OH is 1. The number of nitrogens with one attached hydrogen (secondary N) is 1. The van der Waals surface area contributed by atoms with Crippen LogP contribution in [0.4, 0.5) is 0 Å². The zero-order valence-corrected chi connectivity index (χ0v) is 12.5. The molecule has 1 aromatic rings. The van der Waals surface area contributed by atoms with Gasteiger partial charge in [0.1, 0.15) is 12.4 Å². The van der Waals surface area contributed by atoms with Crippen molar-refractivity contribution >= 4 is 5.91 Å². The van der Waals surface area contributed by atoms with Gasteiger partial charge in [0, 0.05) is 19.5 Å². The Bertz CT molecular complexity index is 535. The van der Waals surface area contributed by atoms with Gasteiger partial charge in [-0.2, -0.15) is 5.10 Å². The summed E-state index contributed by atoms with van der Waals surface area (Å²) in [5.41, 5.74) is -0.212. The summed E-state index contributed by atoms with van der Waals surface area (Å²) < 4.78 is 2.90. The van der Waals surface area contributed by atoms with Crippen LogP contribution in [0.25, 0.3) is 0 Å². The summed E-state index contributed by atoms with van der Waals surface area (Å²) in [5, 5.41) is 16.5. The molecule has 2 heterocycles. The number of rotatable bonds is 6. The maximum absolute atomic E-state index is 12.2. The smallest absolute Gasteiger partial charge is 0.346 e. The van der Waals surface area contributed by atoms with Crippen LogP contribution in [0.5, 0.6) is 0 Å². The highest BCUT2D eigenvalue weighted by Gasteiger charge is 2.17. The summed E-state index contributed by atoms with van der Waals surface area (Å²) in [6.45, 7) is 2.79. The number of aliphatic hydroxyl groups is 1. The second-order valence-corrected chi connectivity index (χ2v) is 5.57. The molecule has 118 valence electrons. The summed E-state index contributed by atoms with van der Waals surface area (Å²) in [6, 6.07) is 0. The molecule has 0 bridgehead atoms. The van der Waals surface area contributed by atoms with Crippen molar-refractivity contribution in [1.82, 2.24) is 19.7 Å². The molecule has 7 heteroatoms. The first-order valence-corrected chi connectivity index (χ1v) is 7.73. The average Bonchev–Trinajstić information content (AvgIpc) is 2.65. The predicted octanol–water partition coefficient (Wildman–Crippen LogP) is 0.0484. The SMILES string of the molecule is CCCC(O)CNC(=O)Cn1nc2n(c1=O)CCCCC2. The van der Waals surface area contributed by atoms with Crippen LogP contribution in [0.2, 0.25) is 0 Å². The van der Waals surface area contributed by atoms with Crippen molar-refractivity contribution in [3.05, 3.63) is 16.3 Å². The van der Waals surface area contributed by atoms with Crippen molar-refractivity contribution in [2.45, 2.75) is 64.6 Å². The highest BCUT2D eigenvalue weighted by atomic mass is 16.3. The van der Waals surface area contributed by atoms with E-state index in [4.69, 9.17) is 0 Å². The normalized spacial score (nSPS) is 16.1. The van der Waals surface area contributed by atoms with Crippen LogP contribution >= 0.6 is 0 Å². The van der Waals surface area contributed by atoms with Crippen LogP contribution in [-0.4, -0.2) is 38.0 Å². The van der Waals surface area contributed by atoms with Gasteiger partial charge >= 0.3 is 5.69 Å². The number of hydrogen-bond donors (Lipinski definition) is 2. The molecule has 1 atom stereocenters. The van der Waals surface area contributed by atoms with Crippen LogP contribution < -0.4 is 11.0 Å². The molecule has 1 aliphatic rings. The Labute approximate surface area is 124 Å². The molecule has 0 spiro atoms. The Morgan fingerprint density at radius 2 is 2.24 bits per heavy atom. The Balaban J connectivity index is 1.94. The number of carbonyl (C=O) groups is 1. The summed E-state index contributed by atoms with van der Waals surface area (Å²) in [6.07, 6.45) is 4.90. The lowest BCUT2D eigenvalue weighted by molar-refractivity contribution is -0.122. The molecule has 1 amide bonds. The average molecular weight is 296 g/mol. The van der Waals surface area contributed by atoms with Gasteiger partial charge in [-0.1, -0.05) is 19.8 Å². The molecule has 0 radical (unpaired) electrons. The molecule has 1 unspecified atom stereocenters. The Kier molecular flexibility index (Phi) is 5.55. The van der Waals surface area contributed by atoms with E-state index in [1.165, 1.54) is 4.68 Å². The van der Waals surface area contributed by atoms with E-state index in [0.29, 0.717) is 13.0 Å². The Morgan fingerprint density at radius 3 is 3.00 bits per heavy atom. The van der Waals surface area contributed by atoms with E-state index in [1.807, 2.05) is 6.92 Å². The van der Waals surface area contributed by atoms with Crippen molar-refractivity contribution in [3.63, 3.8) is 0 Å². The number of aromatic nitrogens is 3. The third kappa shape index (κ3) is 4.17. The molecular formula is C14H24N4O3. The van der Waals surface area contributed by atoms with Crippen LogP contribution in [-0.2, 0) is 24.3 Å². The first-order chi connectivity index (χ1) is 10.1. The summed E-state index contributed by atoms with van der Waals surface area (Å²) in [5.74, 6) is 0.483. The van der Waals surface area contributed by atoms with Crippen LogP contribution in [0, 0.1) is 0 Å². The van der Waals surface area contributed by atoms with Gasteiger partial charge in [-0.15, -0.1) is 0 Å². The molecule has 0 saturated carbocycles. The van der Waals surface area contributed by atoms with Gasteiger partial charge in [0.25, 0.3) is 0 Å². The molecule has 21 heavy (non-hydrogen) atoms. The van der Waals surface area contributed by atoms with Gasteiger partial charge in [-0.25, -0.2) is 9.48 Å². The van der Waals surface area contributed by atoms with Crippen molar-refractivity contribution in [3.8, 4) is 0 Å². The standard InChI is InChI=1S/C14H24N4O3/c1-2-6-11(19)9-15-13(20)10-18-14(21)17-8-5-3-4-7-12(17)16-18/h11,19H,2-10H2,1H3,(H,15,20). The lowest BCUT2D eigenvalue weighted by atomic mass is 10.2. The fourth-order valence-electron chi connectivity index (χ4n) is 2.59. The Hall–Kier alpha value is -1.63. The lowest BCUT2D eigenvalue weighted by Crippen LogP contribution is -2.37. The van der Waals surface area contributed by atoms with Crippen molar-refractivity contribution in [2.75, 3.05) is 6.54 Å². The van der Waals surface area contributed by atoms with E-state index in [0.717, 1.165) is 37.9 Å². The van der Waals surface area contributed by atoms with Crippen LogP contribution in [0.15, 0.2) is 4.79 Å². The number of hydrogen-bond acceptors (Lipinski definition) is 4.